The van der Waals surface area contributed by atoms with Crippen molar-refractivity contribution in [2.45, 2.75) is 65.1 Å². The van der Waals surface area contributed by atoms with Gasteiger partial charge in [-0.15, -0.1) is 0 Å². The molecule has 162 valence electrons. The number of nitrogens with one attached hydrogen (secondary N) is 1. The van der Waals surface area contributed by atoms with E-state index in [9.17, 15) is 4.79 Å². The third kappa shape index (κ3) is 6.11. The first kappa shape index (κ1) is 24.0. The van der Waals surface area contributed by atoms with Gasteiger partial charge in [0.2, 0.25) is 5.91 Å². The second kappa shape index (κ2) is 9.69. The lowest BCUT2D eigenvalue weighted by atomic mass is 9.76. The van der Waals surface area contributed by atoms with Crippen molar-refractivity contribution in [2.75, 3.05) is 20.3 Å². The SMILES string of the molecule is COC[C@@H](C)C(=O)NC(CCOc1ccc(Cl)cc1C)B1OC(C)(C)C(C)(C)O1. The van der Waals surface area contributed by atoms with Crippen molar-refractivity contribution >= 4 is 24.6 Å². The minimum atomic E-state index is -0.561. The van der Waals surface area contributed by atoms with Crippen LogP contribution in [-0.2, 0) is 18.8 Å². The fourth-order valence-corrected chi connectivity index (χ4v) is 3.28. The third-order valence-electron chi connectivity index (χ3n) is 5.62. The van der Waals surface area contributed by atoms with Crippen LogP contribution in [-0.4, -0.2) is 50.5 Å². The molecule has 29 heavy (non-hydrogen) atoms. The standard InChI is InChI=1S/C21H33BClNO5/c1-14-12-16(23)8-9-17(14)27-11-10-18(24-19(25)15(2)13-26-7)22-28-20(3,4)21(5,6)29-22/h8-9,12,15,18H,10-11,13H2,1-7H3,(H,24,25)/t15-,18?/m1/s1. The molecule has 1 aromatic rings. The monoisotopic (exact) mass is 425 g/mol. The molecule has 1 heterocycles. The van der Waals surface area contributed by atoms with Gasteiger partial charge in [-0.1, -0.05) is 18.5 Å². The topological polar surface area (TPSA) is 66.0 Å². The van der Waals surface area contributed by atoms with Crippen LogP contribution in [0.2, 0.25) is 5.02 Å². The van der Waals surface area contributed by atoms with E-state index in [1.165, 1.54) is 0 Å². The molecule has 0 spiro atoms. The van der Waals surface area contributed by atoms with Crippen molar-refractivity contribution in [3.05, 3.63) is 28.8 Å². The number of halogens is 1. The number of hydrogen-bond acceptors (Lipinski definition) is 5. The summed E-state index contributed by atoms with van der Waals surface area (Å²) in [6.45, 7) is 12.5. The van der Waals surface area contributed by atoms with Crippen LogP contribution in [0.5, 0.6) is 5.75 Å². The summed E-state index contributed by atoms with van der Waals surface area (Å²) in [6, 6.07) is 5.50. The number of aryl methyl sites for hydroxylation is 1. The number of benzene rings is 1. The molecule has 1 saturated heterocycles. The van der Waals surface area contributed by atoms with E-state index in [2.05, 4.69) is 5.32 Å². The molecular formula is C21H33BClNO5. The zero-order chi connectivity index (χ0) is 21.8. The Kier molecular flexibility index (Phi) is 8.02. The fourth-order valence-electron chi connectivity index (χ4n) is 3.05. The number of methoxy groups -OCH3 is 1. The van der Waals surface area contributed by atoms with E-state index in [0.29, 0.717) is 24.7 Å². The molecule has 1 fully saturated rings. The zero-order valence-electron chi connectivity index (χ0n) is 18.5. The number of ether oxygens (including phenoxy) is 2. The highest BCUT2D eigenvalue weighted by atomic mass is 35.5. The van der Waals surface area contributed by atoms with Gasteiger partial charge in [0.05, 0.1) is 36.3 Å². The van der Waals surface area contributed by atoms with Crippen LogP contribution in [0.15, 0.2) is 18.2 Å². The Hall–Kier alpha value is -1.28. The molecule has 2 atom stereocenters. The number of amides is 1. The summed E-state index contributed by atoms with van der Waals surface area (Å²) >= 11 is 6.01. The second-order valence-electron chi connectivity index (χ2n) is 8.64. The minimum absolute atomic E-state index is 0.103. The van der Waals surface area contributed by atoms with Crippen LogP contribution < -0.4 is 10.1 Å². The molecule has 6 nitrogen and oxygen atoms in total. The predicted molar refractivity (Wildman–Crippen MR) is 115 cm³/mol. The summed E-state index contributed by atoms with van der Waals surface area (Å²) in [6.07, 6.45) is 0.532. The van der Waals surface area contributed by atoms with E-state index < -0.39 is 18.3 Å². The highest BCUT2D eigenvalue weighted by molar-refractivity contribution is 6.48. The van der Waals surface area contributed by atoms with Crippen molar-refractivity contribution in [2.24, 2.45) is 5.92 Å². The first-order valence-electron chi connectivity index (χ1n) is 10.0. The summed E-state index contributed by atoms with van der Waals surface area (Å²) in [4.78, 5) is 12.6. The number of rotatable bonds is 9. The zero-order valence-corrected chi connectivity index (χ0v) is 19.3. The molecular weight excluding hydrogens is 392 g/mol. The molecule has 2 rings (SSSR count). The van der Waals surface area contributed by atoms with Crippen LogP contribution in [0.4, 0.5) is 0 Å². The molecule has 1 amide bonds. The number of hydrogen-bond donors (Lipinski definition) is 1. The molecule has 0 aliphatic carbocycles. The smallest absolute Gasteiger partial charge is 0.481 e. The van der Waals surface area contributed by atoms with Gasteiger partial charge in [0.25, 0.3) is 0 Å². The Morgan fingerprint density at radius 1 is 1.24 bits per heavy atom. The predicted octanol–water partition coefficient (Wildman–Crippen LogP) is 3.82. The Morgan fingerprint density at radius 2 is 1.86 bits per heavy atom. The Balaban J connectivity index is 2.07. The summed E-state index contributed by atoms with van der Waals surface area (Å²) < 4.78 is 23.4. The average molecular weight is 426 g/mol. The van der Waals surface area contributed by atoms with E-state index in [0.717, 1.165) is 11.3 Å². The molecule has 0 aromatic heterocycles. The quantitative estimate of drug-likeness (QED) is 0.609. The Bertz CT molecular complexity index is 696. The maximum Gasteiger partial charge on any atom is 0.481 e. The van der Waals surface area contributed by atoms with Crippen LogP contribution in [0.1, 0.15) is 46.6 Å². The molecule has 0 radical (unpaired) electrons. The molecule has 0 saturated carbocycles. The highest BCUT2D eigenvalue weighted by Crippen LogP contribution is 2.38. The fraction of sp³-hybridized carbons (Fsp3) is 0.667. The van der Waals surface area contributed by atoms with E-state index in [4.69, 9.17) is 30.4 Å². The van der Waals surface area contributed by atoms with Crippen molar-refractivity contribution in [1.29, 1.82) is 0 Å². The maximum absolute atomic E-state index is 12.6. The first-order chi connectivity index (χ1) is 13.5. The van der Waals surface area contributed by atoms with Crippen LogP contribution >= 0.6 is 11.6 Å². The molecule has 1 aliphatic rings. The second-order valence-corrected chi connectivity index (χ2v) is 9.08. The Labute approximate surface area is 179 Å². The van der Waals surface area contributed by atoms with Crippen molar-refractivity contribution in [3.8, 4) is 5.75 Å². The molecule has 8 heteroatoms. The Morgan fingerprint density at radius 3 is 2.41 bits per heavy atom. The first-order valence-corrected chi connectivity index (χ1v) is 10.4. The summed E-state index contributed by atoms with van der Waals surface area (Å²) in [5, 5.41) is 3.73. The van der Waals surface area contributed by atoms with E-state index >= 15 is 0 Å². The summed E-state index contributed by atoms with van der Waals surface area (Å²) in [5.41, 5.74) is 0.00109. The number of carbonyl (C=O) groups excluding carboxylic acids is 1. The van der Waals surface area contributed by atoms with Gasteiger partial charge in [0.1, 0.15) is 5.75 Å². The van der Waals surface area contributed by atoms with E-state index in [1.807, 2.05) is 53.7 Å². The normalized spacial score (nSPS) is 19.7. The summed E-state index contributed by atoms with van der Waals surface area (Å²) in [7, 11) is 1.02. The maximum atomic E-state index is 12.6. The summed E-state index contributed by atoms with van der Waals surface area (Å²) in [5.74, 6) is 0.0372. The third-order valence-corrected chi connectivity index (χ3v) is 5.85. The van der Waals surface area contributed by atoms with Crippen LogP contribution in [0.3, 0.4) is 0 Å². The molecule has 1 N–H and O–H groups in total. The lowest BCUT2D eigenvalue weighted by Gasteiger charge is -2.32. The van der Waals surface area contributed by atoms with Crippen molar-refractivity contribution in [3.63, 3.8) is 0 Å². The van der Waals surface area contributed by atoms with Crippen LogP contribution in [0, 0.1) is 12.8 Å². The van der Waals surface area contributed by atoms with Gasteiger partial charge in [-0.3, -0.25) is 4.79 Å². The van der Waals surface area contributed by atoms with Gasteiger partial charge < -0.3 is 24.1 Å². The average Bonchev–Trinajstić information content (AvgIpc) is 2.83. The lowest BCUT2D eigenvalue weighted by molar-refractivity contribution is -0.126. The van der Waals surface area contributed by atoms with Gasteiger partial charge in [-0.25, -0.2) is 0 Å². The lowest BCUT2D eigenvalue weighted by Crippen LogP contribution is -2.50. The minimum Gasteiger partial charge on any atom is -0.493 e. The molecule has 0 bridgehead atoms. The van der Waals surface area contributed by atoms with Gasteiger partial charge in [0.15, 0.2) is 0 Å². The molecule has 1 aliphatic heterocycles. The molecule has 1 aromatic carbocycles. The highest BCUT2D eigenvalue weighted by Gasteiger charge is 2.54. The molecule has 1 unspecified atom stereocenters. The van der Waals surface area contributed by atoms with E-state index in [1.54, 1.807) is 13.2 Å². The van der Waals surface area contributed by atoms with Crippen molar-refractivity contribution < 1.29 is 23.6 Å². The van der Waals surface area contributed by atoms with Gasteiger partial charge in [-0.2, -0.15) is 0 Å². The number of carbonyl (C=O) groups is 1. The largest absolute Gasteiger partial charge is 0.493 e. The van der Waals surface area contributed by atoms with Crippen LogP contribution in [0.25, 0.3) is 0 Å². The van der Waals surface area contributed by atoms with Gasteiger partial charge >= 0.3 is 7.12 Å². The van der Waals surface area contributed by atoms with Gasteiger partial charge in [-0.05, 0) is 58.4 Å². The van der Waals surface area contributed by atoms with E-state index in [-0.39, 0.29) is 17.8 Å². The van der Waals surface area contributed by atoms with Crippen molar-refractivity contribution in [1.82, 2.24) is 5.32 Å². The van der Waals surface area contributed by atoms with Gasteiger partial charge in [0, 0.05) is 18.6 Å².